The fraction of sp³-hybridized carbons (Fsp3) is 0.600. The largest absolute Gasteiger partial charge is 0.481 e. The van der Waals surface area contributed by atoms with Gasteiger partial charge in [-0.1, -0.05) is 29.8 Å². The minimum Gasteiger partial charge on any atom is -0.481 e. The predicted octanol–water partition coefficient (Wildman–Crippen LogP) is 1.14. The Balaban J connectivity index is 1.88. The van der Waals surface area contributed by atoms with E-state index in [2.05, 4.69) is 21.3 Å². The number of unbranched alkanes of at least 4 members (excludes halogenated alkanes) is 1. The van der Waals surface area contributed by atoms with Crippen molar-refractivity contribution >= 4 is 35.8 Å². The Hall–Kier alpha value is -4.20. The van der Waals surface area contributed by atoms with E-state index >= 15 is 0 Å². The zero-order valence-electron chi connectivity index (χ0n) is 25.0. The topological polar surface area (TPSA) is 237 Å². The summed E-state index contributed by atoms with van der Waals surface area (Å²) in [4.78, 5) is 72.0. The van der Waals surface area contributed by atoms with Crippen molar-refractivity contribution < 1.29 is 44.1 Å². The number of nitrogens with one attached hydrogen (secondary N) is 4. The van der Waals surface area contributed by atoms with Gasteiger partial charge < -0.3 is 42.3 Å². The molecule has 14 heteroatoms. The number of carboxylic acid groups (broad SMARTS) is 3. The van der Waals surface area contributed by atoms with Crippen molar-refractivity contribution in [1.82, 2.24) is 21.3 Å². The summed E-state index contributed by atoms with van der Waals surface area (Å²) in [5, 5.41) is 37.4. The van der Waals surface area contributed by atoms with Gasteiger partial charge in [0.2, 0.25) is 11.8 Å². The number of benzene rings is 1. The summed E-state index contributed by atoms with van der Waals surface area (Å²) in [6.45, 7) is 2.75. The summed E-state index contributed by atoms with van der Waals surface area (Å²) in [6, 6.07) is 3.02. The van der Waals surface area contributed by atoms with Gasteiger partial charge in [0, 0.05) is 25.3 Å². The lowest BCUT2D eigenvalue weighted by atomic mass is 9.81. The third-order valence-electron chi connectivity index (χ3n) is 7.78. The average molecular weight is 620 g/mol. The lowest BCUT2D eigenvalue weighted by molar-refractivity contribution is -0.141. The van der Waals surface area contributed by atoms with E-state index in [1.165, 1.54) is 0 Å². The van der Waals surface area contributed by atoms with Crippen LogP contribution in [0.5, 0.6) is 0 Å². The molecule has 1 aromatic rings. The Morgan fingerprint density at radius 1 is 0.864 bits per heavy atom. The van der Waals surface area contributed by atoms with Gasteiger partial charge in [0.1, 0.15) is 18.1 Å². The van der Waals surface area contributed by atoms with Crippen molar-refractivity contribution in [3.8, 4) is 0 Å². The molecule has 14 nitrogen and oxygen atoms in total. The molecular formula is C30H45N5O9. The molecule has 244 valence electrons. The molecule has 0 heterocycles. The monoisotopic (exact) mass is 619 g/mol. The molecule has 0 bridgehead atoms. The highest BCUT2D eigenvalue weighted by Gasteiger charge is 2.29. The van der Waals surface area contributed by atoms with Crippen LogP contribution in [0, 0.1) is 18.8 Å². The van der Waals surface area contributed by atoms with Crippen LogP contribution in [0.25, 0.3) is 0 Å². The summed E-state index contributed by atoms with van der Waals surface area (Å²) >= 11 is 0. The second-order valence-electron chi connectivity index (χ2n) is 11.3. The summed E-state index contributed by atoms with van der Waals surface area (Å²) in [6.07, 6.45) is 3.34. The zero-order chi connectivity index (χ0) is 32.6. The van der Waals surface area contributed by atoms with Crippen molar-refractivity contribution in [1.29, 1.82) is 0 Å². The van der Waals surface area contributed by atoms with Crippen molar-refractivity contribution in [2.75, 3.05) is 13.1 Å². The number of carbonyl (C=O) groups excluding carboxylic acids is 3. The summed E-state index contributed by atoms with van der Waals surface area (Å²) < 4.78 is 0. The van der Waals surface area contributed by atoms with Crippen molar-refractivity contribution in [2.45, 2.75) is 89.3 Å². The lowest BCUT2D eigenvalue weighted by Gasteiger charge is -2.28. The average Bonchev–Trinajstić information content (AvgIpc) is 2.97. The molecule has 0 aromatic heterocycles. The van der Waals surface area contributed by atoms with Crippen LogP contribution in [0.4, 0.5) is 4.79 Å². The second-order valence-corrected chi connectivity index (χ2v) is 11.3. The fourth-order valence-electron chi connectivity index (χ4n) is 5.18. The highest BCUT2D eigenvalue weighted by molar-refractivity contribution is 5.89. The molecule has 1 fully saturated rings. The zero-order valence-corrected chi connectivity index (χ0v) is 25.0. The lowest BCUT2D eigenvalue weighted by Crippen LogP contribution is -2.51. The van der Waals surface area contributed by atoms with Crippen LogP contribution in [0.2, 0.25) is 0 Å². The van der Waals surface area contributed by atoms with E-state index in [0.29, 0.717) is 31.7 Å². The summed E-state index contributed by atoms with van der Waals surface area (Å²) in [5.41, 5.74) is 7.70. The molecule has 4 amide bonds. The van der Waals surface area contributed by atoms with E-state index in [-0.39, 0.29) is 37.1 Å². The standard InChI is InChI=1S/C30H45N5O9/c1-18-5-4-6-20(15-18)16-24(33-26(38)21-10-8-19(17-31)9-11-21)27(39)32-14-3-2-7-22(28(40)41)34-30(44)35-23(29(42)43)12-13-25(36)37/h4-6,15,19,21-24H,2-3,7-14,16-17,31H2,1H3,(H,32,39)(H,33,38)(H,36,37)(H,40,41)(H,42,43)(H2,34,35,44)/t19?,21?,22-,23-,24-/m0/s1. The van der Waals surface area contributed by atoms with Crippen LogP contribution in [0.1, 0.15) is 68.9 Å². The van der Waals surface area contributed by atoms with Gasteiger partial charge >= 0.3 is 23.9 Å². The van der Waals surface area contributed by atoms with Crippen molar-refractivity contribution in [3.63, 3.8) is 0 Å². The molecule has 44 heavy (non-hydrogen) atoms. The Bertz CT molecular complexity index is 1150. The Kier molecular flexibility index (Phi) is 15.1. The van der Waals surface area contributed by atoms with E-state index < -0.39 is 48.5 Å². The van der Waals surface area contributed by atoms with E-state index in [4.69, 9.17) is 10.8 Å². The number of carboxylic acids is 3. The molecule has 0 unspecified atom stereocenters. The van der Waals surface area contributed by atoms with E-state index in [1.54, 1.807) is 0 Å². The normalized spacial score (nSPS) is 18.2. The van der Waals surface area contributed by atoms with Gasteiger partial charge in [-0.25, -0.2) is 14.4 Å². The Labute approximate surface area is 256 Å². The first-order valence-electron chi connectivity index (χ1n) is 15.0. The van der Waals surface area contributed by atoms with Gasteiger partial charge in [-0.05, 0) is 76.3 Å². The highest BCUT2D eigenvalue weighted by Crippen LogP contribution is 2.28. The SMILES string of the molecule is Cc1cccc(C[C@H](NC(=O)C2CCC(CN)CC2)C(=O)NCCCC[C@H](NC(=O)N[C@@H](CCC(=O)O)C(=O)O)C(=O)O)c1. The predicted molar refractivity (Wildman–Crippen MR) is 160 cm³/mol. The highest BCUT2D eigenvalue weighted by atomic mass is 16.4. The smallest absolute Gasteiger partial charge is 0.326 e. The maximum absolute atomic E-state index is 13.2. The van der Waals surface area contributed by atoms with E-state index in [9.17, 15) is 39.0 Å². The second kappa shape index (κ2) is 18.5. The number of aryl methyl sites for hydroxylation is 1. The molecule has 0 aliphatic heterocycles. The first kappa shape index (κ1) is 36.0. The number of hydrogen-bond acceptors (Lipinski definition) is 7. The Morgan fingerprint density at radius 2 is 1.50 bits per heavy atom. The van der Waals surface area contributed by atoms with Gasteiger partial charge in [-0.2, -0.15) is 0 Å². The molecule has 0 spiro atoms. The number of carbonyl (C=O) groups is 6. The molecule has 1 aliphatic carbocycles. The number of amides is 4. The van der Waals surface area contributed by atoms with Crippen LogP contribution in [-0.4, -0.2) is 82.3 Å². The molecule has 1 aromatic carbocycles. The molecule has 1 saturated carbocycles. The summed E-state index contributed by atoms with van der Waals surface area (Å²) in [7, 11) is 0. The minimum atomic E-state index is -1.50. The molecule has 3 atom stereocenters. The van der Waals surface area contributed by atoms with Gasteiger partial charge in [-0.15, -0.1) is 0 Å². The van der Waals surface area contributed by atoms with E-state index in [1.807, 2.05) is 31.2 Å². The molecule has 0 radical (unpaired) electrons. The molecule has 9 N–H and O–H groups in total. The van der Waals surface area contributed by atoms with Crippen molar-refractivity contribution in [2.24, 2.45) is 17.6 Å². The number of hydrogen-bond donors (Lipinski definition) is 8. The quantitative estimate of drug-likeness (QED) is 0.109. The van der Waals surface area contributed by atoms with Crippen LogP contribution >= 0.6 is 0 Å². The molecule has 1 aliphatic rings. The van der Waals surface area contributed by atoms with E-state index in [0.717, 1.165) is 36.8 Å². The van der Waals surface area contributed by atoms with Gasteiger partial charge in [0.05, 0.1) is 0 Å². The van der Waals surface area contributed by atoms with Crippen LogP contribution in [0.3, 0.4) is 0 Å². The maximum atomic E-state index is 13.2. The Morgan fingerprint density at radius 3 is 2.07 bits per heavy atom. The number of rotatable bonds is 18. The van der Waals surface area contributed by atoms with Gasteiger partial charge in [-0.3, -0.25) is 14.4 Å². The molecular weight excluding hydrogens is 574 g/mol. The first-order chi connectivity index (χ1) is 20.9. The van der Waals surface area contributed by atoms with Crippen molar-refractivity contribution in [3.05, 3.63) is 35.4 Å². The first-order valence-corrected chi connectivity index (χ1v) is 15.0. The number of nitrogens with two attached hydrogens (primary N) is 1. The van der Waals surface area contributed by atoms with Gasteiger partial charge in [0.25, 0.3) is 0 Å². The molecule has 0 saturated heterocycles. The summed E-state index contributed by atoms with van der Waals surface area (Å²) in [5.74, 6) is -4.28. The van der Waals surface area contributed by atoms with Crippen LogP contribution in [0.15, 0.2) is 24.3 Å². The molecule has 2 rings (SSSR count). The number of aliphatic carboxylic acids is 3. The van der Waals surface area contributed by atoms with Gasteiger partial charge in [0.15, 0.2) is 0 Å². The van der Waals surface area contributed by atoms with Crippen LogP contribution < -0.4 is 27.0 Å². The number of urea groups is 1. The fourth-order valence-corrected chi connectivity index (χ4v) is 5.18. The maximum Gasteiger partial charge on any atom is 0.326 e. The third kappa shape index (κ3) is 13.0. The minimum absolute atomic E-state index is 0.000415. The third-order valence-corrected chi connectivity index (χ3v) is 7.78. The van der Waals surface area contributed by atoms with Crippen LogP contribution in [-0.2, 0) is 30.4 Å².